The predicted octanol–water partition coefficient (Wildman–Crippen LogP) is 2.61. The van der Waals surface area contributed by atoms with Crippen LogP contribution in [0.4, 0.5) is 0 Å². The van der Waals surface area contributed by atoms with Gasteiger partial charge in [0.2, 0.25) is 5.78 Å². The Hall–Kier alpha value is -3.20. The number of hydrogen-bond donors (Lipinski definition) is 2. The molecule has 1 fully saturated rings. The normalized spacial score (nSPS) is 17.7. The highest BCUT2D eigenvalue weighted by Crippen LogP contribution is 2.41. The number of fused-ring (bicyclic) bond motifs is 2. The number of para-hydroxylation sites is 1. The van der Waals surface area contributed by atoms with Gasteiger partial charge in [-0.05, 0) is 18.2 Å². The Morgan fingerprint density at radius 2 is 2.00 bits per heavy atom. The number of aromatic amines is 1. The Morgan fingerprint density at radius 3 is 2.84 bits per heavy atom. The average molecular weight is 434 g/mol. The van der Waals surface area contributed by atoms with E-state index in [4.69, 9.17) is 14.2 Å². The van der Waals surface area contributed by atoms with E-state index in [1.165, 1.54) is 0 Å². The van der Waals surface area contributed by atoms with Crippen molar-refractivity contribution in [2.24, 2.45) is 0 Å². The number of Topliss-reactive ketones (excluding diaryl/α,β-unsaturated/α-hetero) is 1. The maximum atomic E-state index is 13.2. The van der Waals surface area contributed by atoms with Gasteiger partial charge in [-0.2, -0.15) is 5.10 Å². The molecule has 166 valence electrons. The predicted molar refractivity (Wildman–Crippen MR) is 121 cm³/mol. The van der Waals surface area contributed by atoms with Crippen LogP contribution < -0.4 is 14.8 Å². The topological polar surface area (TPSA) is 88.7 Å². The molecule has 2 aliphatic rings. The van der Waals surface area contributed by atoms with Crippen LogP contribution in [0.15, 0.2) is 42.2 Å². The Morgan fingerprint density at radius 1 is 1.16 bits per heavy atom. The summed E-state index contributed by atoms with van der Waals surface area (Å²) in [5, 5.41) is 11.7. The molecule has 0 radical (unpaired) electrons. The second kappa shape index (κ2) is 9.12. The maximum absolute atomic E-state index is 13.2. The van der Waals surface area contributed by atoms with Gasteiger partial charge in [0, 0.05) is 51.3 Å². The fraction of sp³-hybridized carbons (Fsp3) is 0.333. The number of rotatable bonds is 7. The molecule has 1 aromatic heterocycles. The van der Waals surface area contributed by atoms with E-state index in [0.717, 1.165) is 48.4 Å². The third-order valence-electron chi connectivity index (χ3n) is 5.80. The molecule has 8 heteroatoms. The van der Waals surface area contributed by atoms with Crippen LogP contribution in [0.25, 0.3) is 17.0 Å². The van der Waals surface area contributed by atoms with Gasteiger partial charge in [-0.1, -0.05) is 18.2 Å². The fourth-order valence-corrected chi connectivity index (χ4v) is 4.12. The Kier molecular flexibility index (Phi) is 5.89. The van der Waals surface area contributed by atoms with Crippen molar-refractivity contribution in [1.29, 1.82) is 0 Å². The minimum Gasteiger partial charge on any atom is -0.491 e. The minimum atomic E-state index is -0.142. The van der Waals surface area contributed by atoms with Crippen molar-refractivity contribution >= 4 is 22.8 Å². The van der Waals surface area contributed by atoms with Gasteiger partial charge in [-0.25, -0.2) is 0 Å². The molecule has 0 saturated carbocycles. The standard InChI is InChI=1S/C24H26N4O4/c1-30-12-13-31-21-7-6-17-23(29)22(14-20-16-4-2-3-5-19(16)26-27-20)32-24(17)18(21)15-28-10-8-25-9-11-28/h2-7,14,25H,8-13,15H2,1H3,(H,26,27). The van der Waals surface area contributed by atoms with Crippen LogP contribution >= 0.6 is 0 Å². The van der Waals surface area contributed by atoms with Crippen molar-refractivity contribution in [2.75, 3.05) is 46.5 Å². The molecule has 2 N–H and O–H groups in total. The minimum absolute atomic E-state index is 0.142. The Bertz CT molecular complexity index is 1160. The quantitative estimate of drug-likeness (QED) is 0.437. The first-order chi connectivity index (χ1) is 15.7. The molecular weight excluding hydrogens is 408 g/mol. The number of hydrogen-bond acceptors (Lipinski definition) is 7. The van der Waals surface area contributed by atoms with Crippen LogP contribution in [0.3, 0.4) is 0 Å². The number of ether oxygens (including phenoxy) is 3. The van der Waals surface area contributed by atoms with Gasteiger partial charge in [0.05, 0.1) is 28.9 Å². The van der Waals surface area contributed by atoms with Crippen LogP contribution in [0.1, 0.15) is 21.6 Å². The molecule has 0 unspecified atom stereocenters. The molecule has 32 heavy (non-hydrogen) atoms. The van der Waals surface area contributed by atoms with Gasteiger partial charge in [0.15, 0.2) is 5.76 Å². The summed E-state index contributed by atoms with van der Waals surface area (Å²) in [6, 6.07) is 11.4. The van der Waals surface area contributed by atoms with Crippen molar-refractivity contribution in [2.45, 2.75) is 6.54 Å². The van der Waals surface area contributed by atoms with E-state index < -0.39 is 0 Å². The first kappa shape index (κ1) is 20.7. The number of nitrogens with zero attached hydrogens (tertiary/aromatic N) is 2. The SMILES string of the molecule is COCCOc1ccc2c(c1CN1CCNCC1)OC(=Cc1n[nH]c3ccccc13)C2=O. The third kappa shape index (κ3) is 4.00. The lowest BCUT2D eigenvalue weighted by atomic mass is 10.0. The van der Waals surface area contributed by atoms with Crippen molar-refractivity contribution in [3.8, 4) is 11.5 Å². The largest absolute Gasteiger partial charge is 0.491 e. The summed E-state index contributed by atoms with van der Waals surface area (Å²) >= 11 is 0. The van der Waals surface area contributed by atoms with Crippen LogP contribution in [-0.2, 0) is 11.3 Å². The summed E-state index contributed by atoms with van der Waals surface area (Å²) in [6.45, 7) is 5.30. The summed E-state index contributed by atoms with van der Waals surface area (Å²) < 4.78 is 17.3. The lowest BCUT2D eigenvalue weighted by Crippen LogP contribution is -2.43. The number of nitrogens with one attached hydrogen (secondary N) is 2. The molecule has 8 nitrogen and oxygen atoms in total. The molecule has 1 saturated heterocycles. The second-order valence-corrected chi connectivity index (χ2v) is 7.88. The van der Waals surface area contributed by atoms with Gasteiger partial charge in [-0.15, -0.1) is 0 Å². The van der Waals surface area contributed by atoms with Crippen LogP contribution in [0, 0.1) is 0 Å². The highest BCUT2D eigenvalue weighted by molar-refractivity contribution is 6.15. The summed E-state index contributed by atoms with van der Waals surface area (Å²) in [6.07, 6.45) is 1.71. The van der Waals surface area contributed by atoms with Crippen molar-refractivity contribution < 1.29 is 19.0 Å². The number of carbonyl (C=O) groups excluding carboxylic acids is 1. The molecule has 3 heterocycles. The molecule has 0 bridgehead atoms. The molecule has 0 atom stereocenters. The van der Waals surface area contributed by atoms with Crippen molar-refractivity contribution in [3.05, 3.63) is 59.0 Å². The van der Waals surface area contributed by atoms with E-state index in [0.29, 0.717) is 36.8 Å². The van der Waals surface area contributed by atoms with Gasteiger partial charge >= 0.3 is 0 Å². The zero-order valence-corrected chi connectivity index (χ0v) is 18.0. The van der Waals surface area contributed by atoms with E-state index in [1.807, 2.05) is 30.3 Å². The maximum Gasteiger partial charge on any atom is 0.232 e. The molecule has 3 aromatic rings. The molecule has 0 amide bonds. The van der Waals surface area contributed by atoms with Gasteiger partial charge in [-0.3, -0.25) is 14.8 Å². The lowest BCUT2D eigenvalue weighted by molar-refractivity contribution is 0.101. The van der Waals surface area contributed by atoms with Gasteiger partial charge in [0.1, 0.15) is 18.1 Å². The zero-order valence-electron chi connectivity index (χ0n) is 18.0. The summed E-state index contributed by atoms with van der Waals surface area (Å²) in [5.74, 6) is 1.43. The number of benzene rings is 2. The van der Waals surface area contributed by atoms with Crippen molar-refractivity contribution in [3.63, 3.8) is 0 Å². The number of methoxy groups -OCH3 is 1. The lowest BCUT2D eigenvalue weighted by Gasteiger charge is -2.28. The molecule has 0 spiro atoms. The number of aromatic nitrogens is 2. The monoisotopic (exact) mass is 434 g/mol. The van der Waals surface area contributed by atoms with Crippen LogP contribution in [-0.4, -0.2) is 67.4 Å². The number of carbonyl (C=O) groups is 1. The van der Waals surface area contributed by atoms with E-state index in [9.17, 15) is 4.79 Å². The third-order valence-corrected chi connectivity index (χ3v) is 5.80. The number of H-pyrrole nitrogens is 1. The summed E-state index contributed by atoms with van der Waals surface area (Å²) in [7, 11) is 1.64. The Balaban J connectivity index is 1.49. The molecular formula is C24H26N4O4. The van der Waals surface area contributed by atoms with Gasteiger partial charge in [0.25, 0.3) is 0 Å². The van der Waals surface area contributed by atoms with Crippen LogP contribution in [0.2, 0.25) is 0 Å². The smallest absolute Gasteiger partial charge is 0.232 e. The van der Waals surface area contributed by atoms with E-state index >= 15 is 0 Å². The second-order valence-electron chi connectivity index (χ2n) is 7.88. The summed E-state index contributed by atoms with van der Waals surface area (Å²) in [4.78, 5) is 15.5. The first-order valence-electron chi connectivity index (χ1n) is 10.8. The number of piperazine rings is 1. The molecule has 2 aliphatic heterocycles. The fourth-order valence-electron chi connectivity index (χ4n) is 4.12. The highest BCUT2D eigenvalue weighted by Gasteiger charge is 2.32. The molecule has 5 rings (SSSR count). The van der Waals surface area contributed by atoms with Crippen molar-refractivity contribution in [1.82, 2.24) is 20.4 Å². The first-order valence-corrected chi connectivity index (χ1v) is 10.8. The molecule has 0 aliphatic carbocycles. The van der Waals surface area contributed by atoms with E-state index in [-0.39, 0.29) is 11.5 Å². The van der Waals surface area contributed by atoms with Gasteiger partial charge < -0.3 is 19.5 Å². The highest BCUT2D eigenvalue weighted by atomic mass is 16.5. The van der Waals surface area contributed by atoms with E-state index in [1.54, 1.807) is 19.3 Å². The number of allylic oxidation sites excluding steroid dienone is 1. The Labute approximate surface area is 186 Å². The summed E-state index contributed by atoms with van der Waals surface area (Å²) in [5.41, 5.74) is 3.04. The number of ketones is 1. The average Bonchev–Trinajstić information content (AvgIpc) is 3.37. The van der Waals surface area contributed by atoms with E-state index in [2.05, 4.69) is 20.4 Å². The molecule has 2 aromatic carbocycles. The van der Waals surface area contributed by atoms with Crippen LogP contribution in [0.5, 0.6) is 11.5 Å². The zero-order chi connectivity index (χ0) is 21.9.